The van der Waals surface area contributed by atoms with E-state index < -0.39 is 5.60 Å². The summed E-state index contributed by atoms with van der Waals surface area (Å²) in [7, 11) is 0. The Hall–Kier alpha value is -1.12. The molecule has 3 heteroatoms. The van der Waals surface area contributed by atoms with Crippen molar-refractivity contribution < 1.29 is 14.3 Å². The van der Waals surface area contributed by atoms with E-state index in [1.807, 2.05) is 0 Å². The molecular weight excluding hydrogens is 240 g/mol. The highest BCUT2D eigenvalue weighted by atomic mass is 16.6. The number of Topliss-reactive ketones (excluding diaryl/α,β-unsaturated/α-hetero) is 1. The first-order chi connectivity index (χ1) is 8.82. The highest BCUT2D eigenvalue weighted by Gasteiger charge is 2.65. The highest BCUT2D eigenvalue weighted by molar-refractivity contribution is 5.99. The fourth-order valence-corrected chi connectivity index (χ4v) is 4.92. The molecule has 0 aromatic carbocycles. The predicted molar refractivity (Wildman–Crippen MR) is 71.4 cm³/mol. The minimum Gasteiger partial charge on any atom is -0.443 e. The Morgan fingerprint density at radius 2 is 1.95 bits per heavy atom. The summed E-state index contributed by atoms with van der Waals surface area (Å²) >= 11 is 0. The zero-order valence-corrected chi connectivity index (χ0v) is 12.0. The molecule has 2 saturated carbocycles. The molecule has 2 fully saturated rings. The Balaban J connectivity index is 2.10. The lowest BCUT2D eigenvalue weighted by Gasteiger charge is -2.59. The number of ether oxygens (including phenoxy) is 1. The molecule has 1 heterocycles. The quantitative estimate of drug-likeness (QED) is 0.630. The van der Waals surface area contributed by atoms with E-state index in [-0.39, 0.29) is 22.6 Å². The van der Waals surface area contributed by atoms with Gasteiger partial charge < -0.3 is 4.74 Å². The van der Waals surface area contributed by atoms with Crippen molar-refractivity contribution in [2.75, 3.05) is 0 Å². The summed E-state index contributed by atoms with van der Waals surface area (Å²) in [5.41, 5.74) is -1.01. The molecule has 0 aromatic heterocycles. The van der Waals surface area contributed by atoms with E-state index in [2.05, 4.69) is 20.8 Å². The maximum absolute atomic E-state index is 12.5. The number of ketones is 1. The van der Waals surface area contributed by atoms with Crippen LogP contribution in [0.5, 0.6) is 0 Å². The molecule has 3 atom stereocenters. The van der Waals surface area contributed by atoms with Gasteiger partial charge >= 0.3 is 5.97 Å². The van der Waals surface area contributed by atoms with E-state index in [9.17, 15) is 9.59 Å². The maximum Gasteiger partial charge on any atom is 0.331 e. The van der Waals surface area contributed by atoms with Crippen molar-refractivity contribution in [2.45, 2.75) is 58.5 Å². The van der Waals surface area contributed by atoms with Crippen molar-refractivity contribution >= 4 is 11.8 Å². The van der Waals surface area contributed by atoms with Gasteiger partial charge in [0, 0.05) is 17.9 Å². The summed E-state index contributed by atoms with van der Waals surface area (Å²) in [6, 6.07) is 0. The molecule has 104 valence electrons. The van der Waals surface area contributed by atoms with Crippen LogP contribution in [0.3, 0.4) is 0 Å². The molecule has 0 unspecified atom stereocenters. The van der Waals surface area contributed by atoms with Gasteiger partial charge in [0.05, 0.1) is 0 Å². The zero-order valence-electron chi connectivity index (χ0n) is 12.0. The third-order valence-electron chi connectivity index (χ3n) is 5.87. The van der Waals surface area contributed by atoms with Gasteiger partial charge in [0.15, 0.2) is 11.4 Å². The van der Waals surface area contributed by atoms with Crippen LogP contribution in [0.4, 0.5) is 0 Å². The summed E-state index contributed by atoms with van der Waals surface area (Å²) in [6.45, 7) is 6.73. The molecule has 2 aliphatic carbocycles. The fraction of sp³-hybridized carbons (Fsp3) is 0.750. The topological polar surface area (TPSA) is 43.4 Å². The third-order valence-corrected chi connectivity index (χ3v) is 5.87. The van der Waals surface area contributed by atoms with Gasteiger partial charge in [-0.2, -0.15) is 0 Å². The number of fused-ring (bicyclic) bond motifs is 2. The summed E-state index contributed by atoms with van der Waals surface area (Å²) in [6.07, 6.45) is 7.88. The van der Waals surface area contributed by atoms with Gasteiger partial charge in [-0.3, -0.25) is 4.79 Å². The van der Waals surface area contributed by atoms with E-state index in [1.165, 1.54) is 12.5 Å². The Bertz CT molecular complexity index is 476. The van der Waals surface area contributed by atoms with Crippen LogP contribution >= 0.6 is 0 Å². The molecule has 0 bridgehead atoms. The second kappa shape index (κ2) is 3.71. The number of esters is 1. The first-order valence-corrected chi connectivity index (χ1v) is 7.27. The summed E-state index contributed by atoms with van der Waals surface area (Å²) < 4.78 is 5.57. The Morgan fingerprint density at radius 1 is 1.21 bits per heavy atom. The van der Waals surface area contributed by atoms with Crippen molar-refractivity contribution in [3.8, 4) is 0 Å². The minimum atomic E-state index is -0.981. The van der Waals surface area contributed by atoms with E-state index in [4.69, 9.17) is 4.74 Å². The smallest absolute Gasteiger partial charge is 0.331 e. The molecular formula is C16H22O3. The normalized spacial score (nSPS) is 44.3. The predicted octanol–water partition coefficient (Wildman–Crippen LogP) is 3.03. The lowest BCUT2D eigenvalue weighted by Crippen LogP contribution is -2.62. The molecule has 0 radical (unpaired) electrons. The van der Waals surface area contributed by atoms with Crippen molar-refractivity contribution in [3.05, 3.63) is 12.2 Å². The fourth-order valence-electron chi connectivity index (χ4n) is 4.92. The monoisotopic (exact) mass is 262 g/mol. The van der Waals surface area contributed by atoms with Crippen LogP contribution < -0.4 is 0 Å². The molecule has 0 aromatic rings. The lowest BCUT2D eigenvalue weighted by molar-refractivity contribution is -0.191. The van der Waals surface area contributed by atoms with Gasteiger partial charge in [0.1, 0.15) is 0 Å². The number of hydrogen-bond donors (Lipinski definition) is 0. The number of carbonyl (C=O) groups excluding carboxylic acids is 2. The molecule has 3 nitrogen and oxygen atoms in total. The number of rotatable bonds is 0. The highest BCUT2D eigenvalue weighted by Crippen LogP contribution is 2.62. The number of carbonyl (C=O) groups is 2. The molecule has 1 spiro atoms. The van der Waals surface area contributed by atoms with Crippen LogP contribution in [-0.2, 0) is 14.3 Å². The van der Waals surface area contributed by atoms with Crippen LogP contribution in [0.15, 0.2) is 12.2 Å². The molecule has 3 aliphatic rings. The Labute approximate surface area is 114 Å². The Morgan fingerprint density at radius 3 is 2.58 bits per heavy atom. The van der Waals surface area contributed by atoms with Gasteiger partial charge in [-0.25, -0.2) is 4.79 Å². The standard InChI is InChI=1S/C16H22O3/c1-14(2)8-4-9-15(3)11(14)5-6-12(17)16(15)10-7-13(18)19-16/h7,10-11H,4-6,8-9H2,1-3H3/t11-,15-,16+/m0/s1. The first-order valence-electron chi connectivity index (χ1n) is 7.27. The SMILES string of the molecule is CC1(C)CCC[C@@]2(C)[C@H]1CCC(=O)[C@]21C=CC(=O)O1. The maximum atomic E-state index is 12.5. The number of hydrogen-bond acceptors (Lipinski definition) is 3. The molecule has 1 aliphatic heterocycles. The van der Waals surface area contributed by atoms with Crippen LogP contribution in [0.1, 0.15) is 52.9 Å². The second-order valence-corrected chi connectivity index (χ2v) is 7.26. The lowest BCUT2D eigenvalue weighted by atomic mass is 9.46. The van der Waals surface area contributed by atoms with Crippen molar-refractivity contribution in [3.63, 3.8) is 0 Å². The van der Waals surface area contributed by atoms with Gasteiger partial charge in [0.2, 0.25) is 0 Å². The first kappa shape index (κ1) is 12.9. The van der Waals surface area contributed by atoms with E-state index in [0.29, 0.717) is 12.3 Å². The summed E-state index contributed by atoms with van der Waals surface area (Å²) in [5.74, 6) is 0.159. The molecule has 19 heavy (non-hydrogen) atoms. The van der Waals surface area contributed by atoms with E-state index in [0.717, 1.165) is 19.3 Å². The van der Waals surface area contributed by atoms with Gasteiger partial charge in [-0.1, -0.05) is 27.2 Å². The van der Waals surface area contributed by atoms with Crippen molar-refractivity contribution in [2.24, 2.45) is 16.7 Å². The average molecular weight is 262 g/mol. The summed E-state index contributed by atoms with van der Waals surface area (Å²) in [5, 5.41) is 0. The van der Waals surface area contributed by atoms with E-state index in [1.54, 1.807) is 6.08 Å². The van der Waals surface area contributed by atoms with E-state index >= 15 is 0 Å². The molecule has 0 amide bonds. The second-order valence-electron chi connectivity index (χ2n) is 7.26. The van der Waals surface area contributed by atoms with Gasteiger partial charge in [-0.05, 0) is 36.7 Å². The molecule has 0 saturated heterocycles. The largest absolute Gasteiger partial charge is 0.443 e. The van der Waals surface area contributed by atoms with Gasteiger partial charge in [0.25, 0.3) is 0 Å². The van der Waals surface area contributed by atoms with Crippen LogP contribution in [0.2, 0.25) is 0 Å². The van der Waals surface area contributed by atoms with Crippen LogP contribution in [0.25, 0.3) is 0 Å². The minimum absolute atomic E-state index is 0.0889. The zero-order chi connectivity index (χ0) is 13.9. The average Bonchev–Trinajstić information content (AvgIpc) is 2.69. The summed E-state index contributed by atoms with van der Waals surface area (Å²) in [4.78, 5) is 24.1. The third kappa shape index (κ3) is 1.50. The van der Waals surface area contributed by atoms with Crippen LogP contribution in [-0.4, -0.2) is 17.4 Å². The molecule has 0 N–H and O–H groups in total. The molecule has 3 rings (SSSR count). The van der Waals surface area contributed by atoms with Gasteiger partial charge in [-0.15, -0.1) is 0 Å². The van der Waals surface area contributed by atoms with Crippen LogP contribution in [0, 0.1) is 16.7 Å². The van der Waals surface area contributed by atoms with Crippen molar-refractivity contribution in [1.82, 2.24) is 0 Å². The Kier molecular flexibility index (Phi) is 2.52. The van der Waals surface area contributed by atoms with Crippen molar-refractivity contribution in [1.29, 1.82) is 0 Å².